The normalized spacial score (nSPS) is 11.7. The molecule has 0 bridgehead atoms. The van der Waals surface area contributed by atoms with Crippen LogP contribution in [-0.4, -0.2) is 10.5 Å². The van der Waals surface area contributed by atoms with Crippen LogP contribution in [0.1, 0.15) is 39.5 Å². The Balaban J connectivity index is 0. The summed E-state index contributed by atoms with van der Waals surface area (Å²) in [4.78, 5) is 0. The number of hydrogen-bond donors (Lipinski definition) is 2. The van der Waals surface area contributed by atoms with Gasteiger partial charge in [-0.2, -0.15) is 0 Å². The summed E-state index contributed by atoms with van der Waals surface area (Å²) in [7, 11) is 0. The molecule has 0 rings (SSSR count). The molecule has 2 N–H and O–H groups in total. The largest absolute Gasteiger partial charge is 0.255 e. The standard InChI is InChI=1S/C8H17.H2O2/c1-4-6-7-8(3)5-2;1-2/h8H,3-7H2,1-2H3;1-2H. The van der Waals surface area contributed by atoms with Crippen molar-refractivity contribution in [1.29, 1.82) is 0 Å². The van der Waals surface area contributed by atoms with Crippen LogP contribution < -0.4 is 0 Å². The van der Waals surface area contributed by atoms with Crippen LogP contribution in [0, 0.1) is 12.8 Å². The lowest BCUT2D eigenvalue weighted by molar-refractivity contribution is -0.176. The third kappa shape index (κ3) is 10.8. The first-order valence-corrected chi connectivity index (χ1v) is 3.84. The lowest BCUT2D eigenvalue weighted by Crippen LogP contribution is -1.90. The molecule has 10 heavy (non-hydrogen) atoms. The molecular formula is C8H19O2. The Labute approximate surface area is 63.8 Å². The lowest BCUT2D eigenvalue weighted by Gasteiger charge is -2.04. The van der Waals surface area contributed by atoms with Crippen LogP contribution in [0.3, 0.4) is 0 Å². The van der Waals surface area contributed by atoms with Gasteiger partial charge < -0.3 is 0 Å². The first-order valence-electron chi connectivity index (χ1n) is 3.84. The highest BCUT2D eigenvalue weighted by Crippen LogP contribution is 2.09. The van der Waals surface area contributed by atoms with Gasteiger partial charge in [-0.1, -0.05) is 46.5 Å². The maximum atomic E-state index is 6.00. The zero-order valence-corrected chi connectivity index (χ0v) is 7.01. The Morgan fingerprint density at radius 2 is 1.80 bits per heavy atom. The SMILES string of the molecule is OO.[CH2]C(CC)CCCC. The molecule has 0 aliphatic heterocycles. The van der Waals surface area contributed by atoms with E-state index in [1.54, 1.807) is 0 Å². The molecule has 1 unspecified atom stereocenters. The second kappa shape index (κ2) is 11.7. The van der Waals surface area contributed by atoms with Gasteiger partial charge in [-0.3, -0.25) is 10.5 Å². The van der Waals surface area contributed by atoms with Gasteiger partial charge in [0, 0.05) is 0 Å². The van der Waals surface area contributed by atoms with Crippen LogP contribution in [0.25, 0.3) is 0 Å². The van der Waals surface area contributed by atoms with Gasteiger partial charge in [0.1, 0.15) is 0 Å². The fourth-order valence-corrected chi connectivity index (χ4v) is 0.697. The summed E-state index contributed by atoms with van der Waals surface area (Å²) in [5, 5.41) is 12.0. The molecule has 0 aliphatic carbocycles. The summed E-state index contributed by atoms with van der Waals surface area (Å²) in [5.41, 5.74) is 0. The molecule has 63 valence electrons. The maximum Gasteiger partial charge on any atom is -0.0417 e. The van der Waals surface area contributed by atoms with Crippen molar-refractivity contribution in [3.63, 3.8) is 0 Å². The maximum absolute atomic E-state index is 6.00. The molecule has 0 fully saturated rings. The van der Waals surface area contributed by atoms with Crippen LogP contribution in [-0.2, 0) is 0 Å². The Bertz CT molecular complexity index is 46.5. The fourth-order valence-electron chi connectivity index (χ4n) is 0.697. The van der Waals surface area contributed by atoms with Crippen LogP contribution in [0.15, 0.2) is 0 Å². The third-order valence-electron chi connectivity index (χ3n) is 1.54. The average molecular weight is 147 g/mol. The minimum atomic E-state index is 0.704. The highest BCUT2D eigenvalue weighted by molar-refractivity contribution is 4.57. The zero-order chi connectivity index (χ0) is 8.41. The first-order chi connectivity index (χ1) is 4.81. The monoisotopic (exact) mass is 147 g/mol. The minimum absolute atomic E-state index is 0.704. The van der Waals surface area contributed by atoms with E-state index in [0.29, 0.717) is 5.92 Å². The van der Waals surface area contributed by atoms with E-state index in [-0.39, 0.29) is 0 Å². The van der Waals surface area contributed by atoms with Crippen molar-refractivity contribution in [2.75, 3.05) is 0 Å². The van der Waals surface area contributed by atoms with E-state index >= 15 is 0 Å². The van der Waals surface area contributed by atoms with Crippen LogP contribution in [0.4, 0.5) is 0 Å². The molecule has 1 radical (unpaired) electrons. The summed E-state index contributed by atoms with van der Waals surface area (Å²) >= 11 is 0. The van der Waals surface area contributed by atoms with E-state index in [1.165, 1.54) is 25.7 Å². The summed E-state index contributed by atoms with van der Waals surface area (Å²) in [6.45, 7) is 8.42. The summed E-state index contributed by atoms with van der Waals surface area (Å²) < 4.78 is 0. The van der Waals surface area contributed by atoms with Gasteiger partial charge in [-0.05, 0) is 5.92 Å². The highest BCUT2D eigenvalue weighted by atomic mass is 17.0. The van der Waals surface area contributed by atoms with Crippen LogP contribution in [0.2, 0.25) is 0 Å². The van der Waals surface area contributed by atoms with Crippen molar-refractivity contribution in [2.45, 2.75) is 39.5 Å². The van der Waals surface area contributed by atoms with Gasteiger partial charge >= 0.3 is 0 Å². The van der Waals surface area contributed by atoms with E-state index in [2.05, 4.69) is 20.8 Å². The van der Waals surface area contributed by atoms with Crippen LogP contribution >= 0.6 is 0 Å². The molecule has 0 aromatic carbocycles. The molecule has 0 aliphatic rings. The first kappa shape index (κ1) is 12.6. The molecule has 0 saturated heterocycles. The van der Waals surface area contributed by atoms with Crippen molar-refractivity contribution in [2.24, 2.45) is 5.92 Å². The van der Waals surface area contributed by atoms with Gasteiger partial charge in [0.25, 0.3) is 0 Å². The molecule has 0 heterocycles. The molecule has 0 saturated carbocycles. The van der Waals surface area contributed by atoms with E-state index in [0.717, 1.165) is 0 Å². The highest BCUT2D eigenvalue weighted by Gasteiger charge is 1.94. The van der Waals surface area contributed by atoms with Gasteiger partial charge in [0.2, 0.25) is 0 Å². The topological polar surface area (TPSA) is 40.5 Å². The summed E-state index contributed by atoms with van der Waals surface area (Å²) in [6, 6.07) is 0. The fraction of sp³-hybridized carbons (Fsp3) is 0.875. The van der Waals surface area contributed by atoms with Gasteiger partial charge in [-0.15, -0.1) is 0 Å². The number of hydrogen-bond acceptors (Lipinski definition) is 2. The van der Waals surface area contributed by atoms with Gasteiger partial charge in [-0.25, -0.2) is 0 Å². The minimum Gasteiger partial charge on any atom is -0.255 e. The lowest BCUT2D eigenvalue weighted by atomic mass is 10.0. The third-order valence-corrected chi connectivity index (χ3v) is 1.54. The van der Waals surface area contributed by atoms with E-state index in [9.17, 15) is 0 Å². The van der Waals surface area contributed by atoms with E-state index in [4.69, 9.17) is 10.5 Å². The Kier molecular flexibility index (Phi) is 14.7. The molecule has 2 heteroatoms. The summed E-state index contributed by atoms with van der Waals surface area (Å²) in [5.74, 6) is 0.704. The van der Waals surface area contributed by atoms with Crippen molar-refractivity contribution >= 4 is 0 Å². The predicted molar refractivity (Wildman–Crippen MR) is 43.9 cm³/mol. The molecular weight excluding hydrogens is 128 g/mol. The van der Waals surface area contributed by atoms with Crippen molar-refractivity contribution < 1.29 is 10.5 Å². The van der Waals surface area contributed by atoms with Gasteiger partial charge in [0.05, 0.1) is 0 Å². The predicted octanol–water partition coefficient (Wildman–Crippen LogP) is 3.05. The Morgan fingerprint density at radius 3 is 2.10 bits per heavy atom. The number of unbranched alkanes of at least 4 members (excludes halogenated alkanes) is 1. The Morgan fingerprint density at radius 1 is 1.30 bits per heavy atom. The Hall–Kier alpha value is -0.0800. The molecule has 0 amide bonds. The van der Waals surface area contributed by atoms with Crippen molar-refractivity contribution in [3.05, 3.63) is 6.92 Å². The quantitative estimate of drug-likeness (QED) is 0.474. The van der Waals surface area contributed by atoms with Crippen molar-refractivity contribution in [1.82, 2.24) is 0 Å². The molecule has 0 aromatic rings. The summed E-state index contributed by atoms with van der Waals surface area (Å²) in [6.07, 6.45) is 5.21. The second-order valence-electron chi connectivity index (χ2n) is 2.42. The van der Waals surface area contributed by atoms with E-state index < -0.39 is 0 Å². The van der Waals surface area contributed by atoms with Crippen LogP contribution in [0.5, 0.6) is 0 Å². The average Bonchev–Trinajstić information content (AvgIpc) is 2.04. The molecule has 0 spiro atoms. The number of rotatable bonds is 4. The second-order valence-corrected chi connectivity index (χ2v) is 2.42. The molecule has 0 aromatic heterocycles. The molecule has 2 nitrogen and oxygen atoms in total. The smallest absolute Gasteiger partial charge is 0.0417 e. The van der Waals surface area contributed by atoms with Crippen molar-refractivity contribution in [3.8, 4) is 0 Å². The van der Waals surface area contributed by atoms with Gasteiger partial charge in [0.15, 0.2) is 0 Å². The molecule has 1 atom stereocenters. The van der Waals surface area contributed by atoms with E-state index in [1.807, 2.05) is 0 Å². The zero-order valence-electron chi connectivity index (χ0n) is 7.01.